The van der Waals surface area contributed by atoms with E-state index in [-0.39, 0.29) is 11.8 Å². The lowest BCUT2D eigenvalue weighted by molar-refractivity contribution is 0.0954. The molecule has 0 fully saturated rings. The first-order valence-electron chi connectivity index (χ1n) is 7.16. The minimum absolute atomic E-state index is 0.241. The Balaban J connectivity index is 2.24. The maximum absolute atomic E-state index is 12.3. The highest BCUT2D eigenvalue weighted by Crippen LogP contribution is 2.22. The second-order valence-electron chi connectivity index (χ2n) is 4.91. The van der Waals surface area contributed by atoms with Gasteiger partial charge in [0.25, 0.3) is 11.8 Å². The van der Waals surface area contributed by atoms with Gasteiger partial charge in [0.05, 0.1) is 11.3 Å². The quantitative estimate of drug-likeness (QED) is 0.783. The molecule has 0 aliphatic heterocycles. The molecule has 0 spiro atoms. The molecule has 2 aromatic carbocycles. The van der Waals surface area contributed by atoms with Crippen LogP contribution in [0.3, 0.4) is 0 Å². The van der Waals surface area contributed by atoms with Crippen molar-refractivity contribution in [3.8, 4) is 0 Å². The van der Waals surface area contributed by atoms with Crippen LogP contribution in [0.2, 0.25) is 5.02 Å². The minimum atomic E-state index is -0.302. The molecule has 0 bridgehead atoms. The van der Waals surface area contributed by atoms with Gasteiger partial charge in [-0.1, -0.05) is 34.5 Å². The van der Waals surface area contributed by atoms with Crippen LogP contribution >= 0.6 is 27.5 Å². The first-order valence-corrected chi connectivity index (χ1v) is 8.33. The fourth-order valence-corrected chi connectivity index (χ4v) is 2.38. The van der Waals surface area contributed by atoms with Crippen LogP contribution in [0.25, 0.3) is 0 Å². The number of nitrogens with one attached hydrogen (secondary N) is 2. The molecule has 0 aromatic heterocycles. The summed E-state index contributed by atoms with van der Waals surface area (Å²) in [6, 6.07) is 11.7. The predicted molar refractivity (Wildman–Crippen MR) is 96.2 cm³/mol. The van der Waals surface area contributed by atoms with Crippen molar-refractivity contribution < 1.29 is 9.59 Å². The molecule has 23 heavy (non-hydrogen) atoms. The third kappa shape index (κ3) is 4.81. The van der Waals surface area contributed by atoms with Gasteiger partial charge >= 0.3 is 0 Å². The van der Waals surface area contributed by atoms with E-state index in [2.05, 4.69) is 26.6 Å². The van der Waals surface area contributed by atoms with E-state index < -0.39 is 0 Å². The number of hydrogen-bond acceptors (Lipinski definition) is 2. The van der Waals surface area contributed by atoms with E-state index in [1.807, 2.05) is 6.92 Å². The number of anilines is 1. The topological polar surface area (TPSA) is 58.2 Å². The molecule has 2 amide bonds. The van der Waals surface area contributed by atoms with E-state index in [1.165, 1.54) is 0 Å². The van der Waals surface area contributed by atoms with E-state index in [4.69, 9.17) is 11.6 Å². The fraction of sp³-hybridized carbons (Fsp3) is 0.176. The van der Waals surface area contributed by atoms with Crippen LogP contribution in [-0.2, 0) is 0 Å². The van der Waals surface area contributed by atoms with Gasteiger partial charge in [-0.2, -0.15) is 0 Å². The van der Waals surface area contributed by atoms with Crippen molar-refractivity contribution in [3.05, 3.63) is 63.1 Å². The lowest BCUT2D eigenvalue weighted by Crippen LogP contribution is -2.25. The highest BCUT2D eigenvalue weighted by Gasteiger charge is 2.14. The van der Waals surface area contributed by atoms with Crippen LogP contribution in [0.1, 0.15) is 34.1 Å². The Kier molecular flexibility index (Phi) is 6.19. The Morgan fingerprint density at radius 1 is 1.09 bits per heavy atom. The second-order valence-corrected chi connectivity index (χ2v) is 6.26. The van der Waals surface area contributed by atoms with E-state index in [0.717, 1.165) is 10.9 Å². The van der Waals surface area contributed by atoms with Gasteiger partial charge in [-0.25, -0.2) is 0 Å². The zero-order valence-corrected chi connectivity index (χ0v) is 14.9. The smallest absolute Gasteiger partial charge is 0.255 e. The molecule has 0 aliphatic rings. The number of benzene rings is 2. The zero-order chi connectivity index (χ0) is 16.8. The highest BCUT2D eigenvalue weighted by atomic mass is 79.9. The van der Waals surface area contributed by atoms with Gasteiger partial charge in [0, 0.05) is 21.6 Å². The zero-order valence-electron chi connectivity index (χ0n) is 12.5. The van der Waals surface area contributed by atoms with Gasteiger partial charge in [-0.15, -0.1) is 0 Å². The Hall–Kier alpha value is -1.85. The number of carbonyl (C=O) groups is 2. The van der Waals surface area contributed by atoms with Crippen molar-refractivity contribution in [1.29, 1.82) is 0 Å². The number of hydrogen-bond donors (Lipinski definition) is 2. The first-order chi connectivity index (χ1) is 11.0. The Bertz CT molecular complexity index is 717. The summed E-state index contributed by atoms with van der Waals surface area (Å²) in [5, 5.41) is 5.98. The van der Waals surface area contributed by atoms with Crippen molar-refractivity contribution >= 4 is 45.0 Å². The molecule has 0 aliphatic carbocycles. The lowest BCUT2D eigenvalue weighted by Gasteiger charge is -2.12. The molecule has 4 nitrogen and oxygen atoms in total. The number of rotatable bonds is 5. The summed E-state index contributed by atoms with van der Waals surface area (Å²) < 4.78 is 0.886. The van der Waals surface area contributed by atoms with Gasteiger partial charge in [-0.3, -0.25) is 9.59 Å². The van der Waals surface area contributed by atoms with Crippen LogP contribution in [0, 0.1) is 0 Å². The maximum Gasteiger partial charge on any atom is 0.255 e. The van der Waals surface area contributed by atoms with Crippen molar-refractivity contribution in [2.75, 3.05) is 11.9 Å². The van der Waals surface area contributed by atoms with E-state index in [1.54, 1.807) is 42.5 Å². The Morgan fingerprint density at radius 3 is 2.43 bits per heavy atom. The van der Waals surface area contributed by atoms with Gasteiger partial charge in [0.1, 0.15) is 0 Å². The molecule has 0 radical (unpaired) electrons. The molecule has 2 rings (SSSR count). The summed E-state index contributed by atoms with van der Waals surface area (Å²) in [5.74, 6) is -0.543. The molecule has 2 N–H and O–H groups in total. The van der Waals surface area contributed by atoms with Crippen LogP contribution in [0.4, 0.5) is 5.69 Å². The molecular formula is C17H16BrClN2O2. The van der Waals surface area contributed by atoms with Crippen molar-refractivity contribution in [2.45, 2.75) is 13.3 Å². The Morgan fingerprint density at radius 2 is 1.78 bits per heavy atom. The monoisotopic (exact) mass is 394 g/mol. The molecule has 0 heterocycles. The average molecular weight is 396 g/mol. The van der Waals surface area contributed by atoms with Gasteiger partial charge in [-0.05, 0) is 48.9 Å². The molecule has 0 saturated heterocycles. The van der Waals surface area contributed by atoms with Crippen molar-refractivity contribution in [1.82, 2.24) is 5.32 Å². The predicted octanol–water partition coefficient (Wildman–Crippen LogP) is 4.49. The number of carbonyl (C=O) groups excluding carboxylic acids is 2. The van der Waals surface area contributed by atoms with Crippen molar-refractivity contribution in [3.63, 3.8) is 0 Å². The molecule has 0 atom stereocenters. The Labute approximate surface area is 148 Å². The van der Waals surface area contributed by atoms with Crippen LogP contribution < -0.4 is 10.6 Å². The summed E-state index contributed by atoms with van der Waals surface area (Å²) >= 11 is 9.31. The second kappa shape index (κ2) is 8.13. The summed E-state index contributed by atoms with van der Waals surface area (Å²) in [4.78, 5) is 24.5. The van der Waals surface area contributed by atoms with Crippen LogP contribution in [0.15, 0.2) is 46.9 Å². The molecule has 120 valence electrons. The van der Waals surface area contributed by atoms with Gasteiger partial charge < -0.3 is 10.6 Å². The number of amides is 2. The third-order valence-electron chi connectivity index (χ3n) is 3.12. The summed E-state index contributed by atoms with van der Waals surface area (Å²) in [5.41, 5.74) is 1.26. The lowest BCUT2D eigenvalue weighted by atomic mass is 10.1. The normalized spacial score (nSPS) is 10.2. The molecule has 6 heteroatoms. The first kappa shape index (κ1) is 17.5. The average Bonchev–Trinajstić information content (AvgIpc) is 2.53. The number of halogens is 2. The molecular weight excluding hydrogens is 380 g/mol. The van der Waals surface area contributed by atoms with E-state index in [0.29, 0.717) is 28.4 Å². The van der Waals surface area contributed by atoms with Crippen LogP contribution in [0.5, 0.6) is 0 Å². The largest absolute Gasteiger partial charge is 0.352 e. The van der Waals surface area contributed by atoms with Crippen LogP contribution in [-0.4, -0.2) is 18.4 Å². The third-order valence-corrected chi connectivity index (χ3v) is 3.88. The minimum Gasteiger partial charge on any atom is -0.352 e. The standard InChI is InChI=1S/C17H16BrClN2O2/c1-2-9-20-17(23)14-8-7-13(19)10-15(14)21-16(22)11-3-5-12(18)6-4-11/h3-8,10H,2,9H2,1H3,(H,20,23)(H,21,22). The van der Waals surface area contributed by atoms with E-state index in [9.17, 15) is 9.59 Å². The summed E-state index contributed by atoms with van der Waals surface area (Å²) in [6.07, 6.45) is 0.833. The summed E-state index contributed by atoms with van der Waals surface area (Å²) in [7, 11) is 0. The highest BCUT2D eigenvalue weighted by molar-refractivity contribution is 9.10. The SMILES string of the molecule is CCCNC(=O)c1ccc(Cl)cc1NC(=O)c1ccc(Br)cc1. The van der Waals surface area contributed by atoms with Crippen molar-refractivity contribution in [2.24, 2.45) is 0 Å². The van der Waals surface area contributed by atoms with Gasteiger partial charge in [0.2, 0.25) is 0 Å². The van der Waals surface area contributed by atoms with E-state index >= 15 is 0 Å². The van der Waals surface area contributed by atoms with Gasteiger partial charge in [0.15, 0.2) is 0 Å². The maximum atomic E-state index is 12.3. The summed E-state index contributed by atoms with van der Waals surface area (Å²) in [6.45, 7) is 2.54. The molecule has 0 saturated carbocycles. The molecule has 0 unspecified atom stereocenters. The molecule has 2 aromatic rings. The fourth-order valence-electron chi connectivity index (χ4n) is 1.95.